The average molecular weight is 296 g/mol. The monoisotopic (exact) mass is 296 g/mol. The van der Waals surface area contributed by atoms with Gasteiger partial charge in [-0.2, -0.15) is 0 Å². The van der Waals surface area contributed by atoms with Crippen LogP contribution in [0, 0.1) is 5.92 Å². The third kappa shape index (κ3) is 4.44. The van der Waals surface area contributed by atoms with Crippen molar-refractivity contribution in [2.45, 2.75) is 52.3 Å². The molecule has 1 saturated carbocycles. The van der Waals surface area contributed by atoms with E-state index in [0.29, 0.717) is 18.2 Å². The molecule has 0 aromatic carbocycles. The van der Waals surface area contributed by atoms with Gasteiger partial charge < -0.3 is 15.2 Å². The number of alkyl carbamates (subject to hydrolysis) is 1. The maximum absolute atomic E-state index is 11.7. The van der Waals surface area contributed by atoms with E-state index in [1.807, 2.05) is 0 Å². The quantitative estimate of drug-likeness (QED) is 0.851. The lowest BCUT2D eigenvalue weighted by Gasteiger charge is -2.19. The van der Waals surface area contributed by atoms with Gasteiger partial charge in [0, 0.05) is 6.54 Å². The Balaban J connectivity index is 2.04. The second-order valence-corrected chi connectivity index (χ2v) is 6.17. The van der Waals surface area contributed by atoms with E-state index in [-0.39, 0.29) is 12.2 Å². The van der Waals surface area contributed by atoms with Crippen LogP contribution in [0.25, 0.3) is 0 Å². The lowest BCUT2D eigenvalue weighted by atomic mass is 10.2. The van der Waals surface area contributed by atoms with Crippen LogP contribution in [0.5, 0.6) is 0 Å². The molecule has 8 nitrogen and oxygen atoms in total. The van der Waals surface area contributed by atoms with Gasteiger partial charge in [-0.1, -0.05) is 5.21 Å². The molecule has 21 heavy (non-hydrogen) atoms. The number of rotatable bonds is 5. The van der Waals surface area contributed by atoms with Crippen molar-refractivity contribution in [1.82, 2.24) is 20.3 Å². The fourth-order valence-corrected chi connectivity index (χ4v) is 1.84. The summed E-state index contributed by atoms with van der Waals surface area (Å²) in [6, 6.07) is 0. The molecule has 8 heteroatoms. The van der Waals surface area contributed by atoms with Gasteiger partial charge in [0.2, 0.25) is 0 Å². The maximum atomic E-state index is 11.7. The molecule has 0 unspecified atom stereocenters. The average Bonchev–Trinajstić information content (AvgIpc) is 3.03. The second kappa shape index (κ2) is 5.71. The summed E-state index contributed by atoms with van der Waals surface area (Å²) in [4.78, 5) is 22.8. The lowest BCUT2D eigenvalue weighted by Crippen LogP contribution is -2.33. The molecular weight excluding hydrogens is 276 g/mol. The fourth-order valence-electron chi connectivity index (χ4n) is 1.84. The van der Waals surface area contributed by atoms with Crippen LogP contribution in [-0.2, 0) is 17.8 Å². The Morgan fingerprint density at radius 2 is 2.10 bits per heavy atom. The van der Waals surface area contributed by atoms with Crippen LogP contribution in [-0.4, -0.2) is 37.8 Å². The predicted octanol–water partition coefficient (Wildman–Crippen LogP) is 1.41. The van der Waals surface area contributed by atoms with E-state index >= 15 is 0 Å². The number of carbonyl (C=O) groups is 2. The van der Waals surface area contributed by atoms with E-state index in [1.54, 1.807) is 25.5 Å². The highest BCUT2D eigenvalue weighted by molar-refractivity contribution is 5.86. The Hall–Kier alpha value is -2.12. The van der Waals surface area contributed by atoms with Gasteiger partial charge in [0.15, 0.2) is 5.69 Å². The third-order valence-corrected chi connectivity index (χ3v) is 2.97. The van der Waals surface area contributed by atoms with E-state index in [4.69, 9.17) is 9.84 Å². The van der Waals surface area contributed by atoms with Gasteiger partial charge in [-0.05, 0) is 39.5 Å². The number of amides is 1. The minimum absolute atomic E-state index is 0.0241. The SMILES string of the molecule is CC(C)(C)OC(=O)NCc1c(C(=O)O)nnn1CC1CC1. The Morgan fingerprint density at radius 3 is 2.62 bits per heavy atom. The summed E-state index contributed by atoms with van der Waals surface area (Å²) in [6.45, 7) is 5.93. The van der Waals surface area contributed by atoms with Crippen LogP contribution in [0.2, 0.25) is 0 Å². The normalized spacial score (nSPS) is 14.8. The molecule has 0 bridgehead atoms. The zero-order valence-corrected chi connectivity index (χ0v) is 12.4. The molecular formula is C13H20N4O4. The van der Waals surface area contributed by atoms with Crippen LogP contribution >= 0.6 is 0 Å². The first-order valence-electron chi connectivity index (χ1n) is 6.89. The minimum Gasteiger partial charge on any atom is -0.476 e. The topological polar surface area (TPSA) is 106 Å². The number of ether oxygens (including phenoxy) is 1. The summed E-state index contributed by atoms with van der Waals surface area (Å²) in [5.41, 5.74) is -0.348. The molecule has 0 saturated heterocycles. The first kappa shape index (κ1) is 15.3. The number of carboxylic acids is 1. The van der Waals surface area contributed by atoms with Gasteiger partial charge in [0.25, 0.3) is 0 Å². The van der Waals surface area contributed by atoms with Crippen molar-refractivity contribution < 1.29 is 19.4 Å². The van der Waals surface area contributed by atoms with Gasteiger partial charge in [-0.15, -0.1) is 5.10 Å². The summed E-state index contributed by atoms with van der Waals surface area (Å²) >= 11 is 0. The molecule has 1 aliphatic rings. The first-order valence-corrected chi connectivity index (χ1v) is 6.89. The molecule has 1 fully saturated rings. The highest BCUT2D eigenvalue weighted by Gasteiger charge is 2.27. The van der Waals surface area contributed by atoms with Crippen LogP contribution in [0.15, 0.2) is 0 Å². The summed E-state index contributed by atoms with van der Waals surface area (Å²) in [5.74, 6) is -0.633. The molecule has 1 heterocycles. The Morgan fingerprint density at radius 1 is 1.43 bits per heavy atom. The lowest BCUT2D eigenvalue weighted by molar-refractivity contribution is 0.0519. The molecule has 0 aliphatic heterocycles. The van der Waals surface area contributed by atoms with Crippen molar-refractivity contribution in [2.24, 2.45) is 5.92 Å². The van der Waals surface area contributed by atoms with Crippen LogP contribution in [0.4, 0.5) is 4.79 Å². The summed E-state index contributed by atoms with van der Waals surface area (Å²) in [5, 5.41) is 19.2. The van der Waals surface area contributed by atoms with Crippen LogP contribution < -0.4 is 5.32 Å². The van der Waals surface area contributed by atoms with E-state index in [9.17, 15) is 9.59 Å². The number of hydrogen-bond donors (Lipinski definition) is 2. The number of nitrogens with zero attached hydrogens (tertiary/aromatic N) is 3. The van der Waals surface area contributed by atoms with Gasteiger partial charge in [-0.25, -0.2) is 14.3 Å². The molecule has 1 amide bonds. The van der Waals surface area contributed by atoms with Gasteiger partial charge in [0.1, 0.15) is 5.60 Å². The van der Waals surface area contributed by atoms with Crippen molar-refractivity contribution >= 4 is 12.1 Å². The number of carboxylic acid groups (broad SMARTS) is 1. The van der Waals surface area contributed by atoms with E-state index in [1.165, 1.54) is 0 Å². The summed E-state index contributed by atoms with van der Waals surface area (Å²) in [6.07, 6.45) is 1.63. The van der Waals surface area contributed by atoms with E-state index in [2.05, 4.69) is 15.6 Å². The van der Waals surface area contributed by atoms with E-state index < -0.39 is 17.7 Å². The zero-order valence-electron chi connectivity index (χ0n) is 12.4. The first-order chi connectivity index (χ1) is 9.76. The van der Waals surface area contributed by atoms with Gasteiger partial charge in [0.05, 0.1) is 12.2 Å². The molecule has 1 aromatic heterocycles. The summed E-state index contributed by atoms with van der Waals surface area (Å²) < 4.78 is 6.68. The molecule has 1 aliphatic carbocycles. The number of aromatic carboxylic acids is 1. The van der Waals surface area contributed by atoms with Gasteiger partial charge in [-0.3, -0.25) is 0 Å². The number of aromatic nitrogens is 3. The minimum atomic E-state index is -1.15. The van der Waals surface area contributed by atoms with Crippen LogP contribution in [0.1, 0.15) is 49.8 Å². The fraction of sp³-hybridized carbons (Fsp3) is 0.692. The molecule has 0 atom stereocenters. The highest BCUT2D eigenvalue weighted by atomic mass is 16.6. The molecule has 0 radical (unpaired) electrons. The number of hydrogen-bond acceptors (Lipinski definition) is 5. The Kier molecular flexibility index (Phi) is 4.15. The smallest absolute Gasteiger partial charge is 0.407 e. The maximum Gasteiger partial charge on any atom is 0.407 e. The summed E-state index contributed by atoms with van der Waals surface area (Å²) in [7, 11) is 0. The Bertz CT molecular complexity index is 543. The Labute approximate surface area is 122 Å². The van der Waals surface area contributed by atoms with Crippen molar-refractivity contribution in [3.8, 4) is 0 Å². The standard InChI is InChI=1S/C13H20N4O4/c1-13(2,3)21-12(20)14-6-9-10(11(18)19)15-16-17(9)7-8-4-5-8/h8H,4-7H2,1-3H3,(H,14,20)(H,18,19). The molecule has 0 spiro atoms. The predicted molar refractivity (Wildman–Crippen MR) is 72.8 cm³/mol. The molecule has 2 N–H and O–H groups in total. The molecule has 2 rings (SSSR count). The van der Waals surface area contributed by atoms with Gasteiger partial charge >= 0.3 is 12.1 Å². The highest BCUT2D eigenvalue weighted by Crippen LogP contribution is 2.30. The second-order valence-electron chi connectivity index (χ2n) is 6.17. The third-order valence-electron chi connectivity index (χ3n) is 2.97. The molecule has 1 aromatic rings. The van der Waals surface area contributed by atoms with Crippen molar-refractivity contribution in [1.29, 1.82) is 0 Å². The van der Waals surface area contributed by atoms with Crippen LogP contribution in [0.3, 0.4) is 0 Å². The van der Waals surface area contributed by atoms with E-state index in [0.717, 1.165) is 12.8 Å². The van der Waals surface area contributed by atoms with Crippen molar-refractivity contribution in [3.05, 3.63) is 11.4 Å². The molecule has 116 valence electrons. The zero-order chi connectivity index (χ0) is 15.6. The van der Waals surface area contributed by atoms with Crippen molar-refractivity contribution in [3.63, 3.8) is 0 Å². The number of carbonyl (C=O) groups excluding carboxylic acids is 1. The largest absolute Gasteiger partial charge is 0.476 e. The van der Waals surface area contributed by atoms with Crippen molar-refractivity contribution in [2.75, 3.05) is 0 Å². The number of nitrogens with one attached hydrogen (secondary N) is 1.